The Morgan fingerprint density at radius 1 is 1.17 bits per heavy atom. The summed E-state index contributed by atoms with van der Waals surface area (Å²) in [4.78, 5) is 25.1. The molecule has 0 bridgehead atoms. The van der Waals surface area contributed by atoms with Crippen LogP contribution in [0.4, 0.5) is 0 Å². The molecule has 0 spiro atoms. The van der Waals surface area contributed by atoms with E-state index in [0.29, 0.717) is 18.5 Å². The van der Waals surface area contributed by atoms with Gasteiger partial charge in [-0.25, -0.2) is 0 Å². The average molecular weight is 430 g/mol. The molecule has 1 unspecified atom stereocenters. The van der Waals surface area contributed by atoms with Gasteiger partial charge < -0.3 is 15.2 Å². The summed E-state index contributed by atoms with van der Waals surface area (Å²) in [6.45, 7) is 1.55. The van der Waals surface area contributed by atoms with Crippen molar-refractivity contribution >= 4 is 23.6 Å². The van der Waals surface area contributed by atoms with Crippen LogP contribution in [0.5, 0.6) is 0 Å². The molecule has 1 aliphatic rings. The maximum absolute atomic E-state index is 12.7. The Hall–Kier alpha value is -2.35. The predicted molar refractivity (Wildman–Crippen MR) is 120 cm³/mol. The van der Waals surface area contributed by atoms with Crippen molar-refractivity contribution in [1.29, 1.82) is 0 Å². The number of thioether (sulfide) groups is 1. The van der Waals surface area contributed by atoms with Crippen LogP contribution in [0, 0.1) is 0 Å². The van der Waals surface area contributed by atoms with E-state index >= 15 is 0 Å². The number of hydrogen-bond donors (Lipinski definition) is 2. The summed E-state index contributed by atoms with van der Waals surface area (Å²) in [5.41, 5.74) is 0.562. The number of hydrogen-bond acceptors (Lipinski definition) is 5. The van der Waals surface area contributed by atoms with Gasteiger partial charge in [0.05, 0.1) is 0 Å². The Morgan fingerprint density at radius 2 is 2.00 bits per heavy atom. The number of aryl methyl sites for hydroxylation is 2. The highest BCUT2D eigenvalue weighted by Gasteiger charge is 2.21. The third-order valence-electron chi connectivity index (χ3n) is 5.33. The monoisotopic (exact) mass is 429 g/mol. The van der Waals surface area contributed by atoms with Crippen LogP contribution in [0.2, 0.25) is 0 Å². The molecule has 0 saturated heterocycles. The van der Waals surface area contributed by atoms with E-state index < -0.39 is 6.04 Å². The lowest BCUT2D eigenvalue weighted by molar-refractivity contribution is -0.123. The Kier molecular flexibility index (Phi) is 8.74. The molecule has 1 aromatic carbocycles. The van der Waals surface area contributed by atoms with E-state index in [2.05, 4.69) is 25.4 Å². The zero-order valence-electron chi connectivity index (χ0n) is 17.6. The largest absolute Gasteiger partial charge is 0.354 e. The lowest BCUT2D eigenvalue weighted by Gasteiger charge is -2.18. The van der Waals surface area contributed by atoms with Crippen molar-refractivity contribution in [2.24, 2.45) is 0 Å². The van der Waals surface area contributed by atoms with E-state index in [1.165, 1.54) is 19.3 Å². The molecular weight excluding hydrogens is 398 g/mol. The minimum Gasteiger partial charge on any atom is -0.354 e. The van der Waals surface area contributed by atoms with E-state index in [-0.39, 0.29) is 11.8 Å². The number of amides is 2. The second-order valence-corrected chi connectivity index (χ2v) is 8.55. The predicted octanol–water partition coefficient (Wildman–Crippen LogP) is 2.61. The Bertz CT molecular complexity index is 824. The first-order valence-electron chi connectivity index (χ1n) is 10.7. The fourth-order valence-electron chi connectivity index (χ4n) is 3.65. The number of carbonyl (C=O) groups is 2. The standard InChI is InChI=1S/C22H31N5O2S/c1-30-16-13-18(24-21(28)17-9-4-2-5-10-17)22(29)23-14-8-12-20-26-25-19-11-6-3-7-15-27(19)20/h2,4-5,9-10,18H,3,6-8,11-16H2,1H3,(H,23,29)(H,24,28). The SMILES string of the molecule is CSCCC(NC(=O)c1ccccc1)C(=O)NCCCc1nnc2n1CCCCC2. The van der Waals surface area contributed by atoms with Crippen LogP contribution in [0.25, 0.3) is 0 Å². The van der Waals surface area contributed by atoms with Crippen LogP contribution in [0.15, 0.2) is 30.3 Å². The zero-order valence-corrected chi connectivity index (χ0v) is 18.4. The minimum atomic E-state index is -0.533. The number of nitrogens with one attached hydrogen (secondary N) is 2. The highest BCUT2D eigenvalue weighted by molar-refractivity contribution is 7.98. The molecule has 8 heteroatoms. The topological polar surface area (TPSA) is 88.9 Å². The van der Waals surface area contributed by atoms with Crippen LogP contribution in [0.1, 0.15) is 54.1 Å². The first kappa shape index (κ1) is 22.3. The smallest absolute Gasteiger partial charge is 0.251 e. The van der Waals surface area contributed by atoms with Gasteiger partial charge in [-0.2, -0.15) is 11.8 Å². The molecule has 0 saturated carbocycles. The molecule has 7 nitrogen and oxygen atoms in total. The Morgan fingerprint density at radius 3 is 2.80 bits per heavy atom. The van der Waals surface area contributed by atoms with Gasteiger partial charge in [-0.15, -0.1) is 10.2 Å². The Labute approximate surface area is 182 Å². The summed E-state index contributed by atoms with van der Waals surface area (Å²) in [7, 11) is 0. The molecule has 2 aromatic rings. The first-order valence-corrected chi connectivity index (χ1v) is 12.1. The van der Waals surface area contributed by atoms with Crippen molar-refractivity contribution in [3.63, 3.8) is 0 Å². The van der Waals surface area contributed by atoms with Crippen LogP contribution >= 0.6 is 11.8 Å². The van der Waals surface area contributed by atoms with Crippen molar-refractivity contribution in [1.82, 2.24) is 25.4 Å². The fourth-order valence-corrected chi connectivity index (χ4v) is 4.12. The van der Waals surface area contributed by atoms with Gasteiger partial charge >= 0.3 is 0 Å². The van der Waals surface area contributed by atoms with Gasteiger partial charge in [0.25, 0.3) is 5.91 Å². The number of aromatic nitrogens is 3. The fraction of sp³-hybridized carbons (Fsp3) is 0.545. The molecule has 1 atom stereocenters. The van der Waals surface area contributed by atoms with Crippen molar-refractivity contribution in [3.8, 4) is 0 Å². The third kappa shape index (κ3) is 6.32. The van der Waals surface area contributed by atoms with Crippen LogP contribution in [0.3, 0.4) is 0 Å². The van der Waals surface area contributed by atoms with E-state index in [9.17, 15) is 9.59 Å². The number of benzene rings is 1. The molecule has 2 N–H and O–H groups in total. The molecule has 2 heterocycles. The quantitative estimate of drug-likeness (QED) is 0.567. The van der Waals surface area contributed by atoms with Gasteiger partial charge in [0, 0.05) is 31.5 Å². The molecule has 30 heavy (non-hydrogen) atoms. The molecule has 1 aliphatic heterocycles. The van der Waals surface area contributed by atoms with Gasteiger partial charge in [-0.3, -0.25) is 9.59 Å². The van der Waals surface area contributed by atoms with Gasteiger partial charge in [0.2, 0.25) is 5.91 Å². The summed E-state index contributed by atoms with van der Waals surface area (Å²) in [5, 5.41) is 14.5. The van der Waals surface area contributed by atoms with Crippen molar-refractivity contribution < 1.29 is 9.59 Å². The third-order valence-corrected chi connectivity index (χ3v) is 5.97. The van der Waals surface area contributed by atoms with Gasteiger partial charge in [0.15, 0.2) is 0 Å². The van der Waals surface area contributed by atoms with Crippen LogP contribution in [-0.2, 0) is 24.2 Å². The summed E-state index contributed by atoms with van der Waals surface area (Å²) in [6, 6.07) is 8.46. The molecular formula is C22H31N5O2S. The van der Waals surface area contributed by atoms with Crippen molar-refractivity contribution in [2.45, 2.75) is 57.5 Å². The van der Waals surface area contributed by atoms with Crippen LogP contribution in [-0.4, -0.2) is 51.2 Å². The van der Waals surface area contributed by atoms with Crippen molar-refractivity contribution in [2.75, 3.05) is 18.6 Å². The minimum absolute atomic E-state index is 0.131. The van der Waals surface area contributed by atoms with Gasteiger partial charge in [-0.1, -0.05) is 24.6 Å². The van der Waals surface area contributed by atoms with E-state index in [4.69, 9.17) is 0 Å². The summed E-state index contributed by atoms with van der Waals surface area (Å²) in [6.07, 6.45) is 8.78. The number of nitrogens with zero attached hydrogens (tertiary/aromatic N) is 3. The Balaban J connectivity index is 1.48. The molecule has 0 radical (unpaired) electrons. The summed E-state index contributed by atoms with van der Waals surface area (Å²) >= 11 is 1.66. The average Bonchev–Trinajstić information content (AvgIpc) is 3.00. The molecule has 3 rings (SSSR count). The zero-order chi connectivity index (χ0) is 21.2. The first-order chi connectivity index (χ1) is 14.7. The summed E-state index contributed by atoms with van der Waals surface area (Å²) in [5.74, 6) is 2.56. The van der Waals surface area contributed by atoms with E-state index in [1.54, 1.807) is 23.9 Å². The molecule has 162 valence electrons. The number of carbonyl (C=O) groups excluding carboxylic acids is 2. The molecule has 2 amide bonds. The van der Waals surface area contributed by atoms with E-state index in [1.807, 2.05) is 24.5 Å². The molecule has 1 aromatic heterocycles. The normalized spacial score (nSPS) is 14.4. The van der Waals surface area contributed by atoms with Crippen LogP contribution < -0.4 is 10.6 Å². The highest BCUT2D eigenvalue weighted by Crippen LogP contribution is 2.15. The van der Waals surface area contributed by atoms with E-state index in [0.717, 1.165) is 43.2 Å². The van der Waals surface area contributed by atoms with Crippen molar-refractivity contribution in [3.05, 3.63) is 47.5 Å². The maximum atomic E-state index is 12.7. The molecule has 0 fully saturated rings. The second kappa shape index (κ2) is 11.7. The lowest BCUT2D eigenvalue weighted by atomic mass is 10.1. The maximum Gasteiger partial charge on any atom is 0.251 e. The number of rotatable bonds is 10. The highest BCUT2D eigenvalue weighted by atomic mass is 32.2. The number of fused-ring (bicyclic) bond motifs is 1. The summed E-state index contributed by atoms with van der Waals surface area (Å²) < 4.78 is 2.25. The molecule has 0 aliphatic carbocycles. The lowest BCUT2D eigenvalue weighted by Crippen LogP contribution is -2.47. The second-order valence-electron chi connectivity index (χ2n) is 7.56. The van der Waals surface area contributed by atoms with Gasteiger partial charge in [0.1, 0.15) is 17.7 Å². The van der Waals surface area contributed by atoms with Gasteiger partial charge in [-0.05, 0) is 49.8 Å².